The van der Waals surface area contributed by atoms with Crippen LogP contribution in [0.25, 0.3) is 0 Å². The number of nitrogens with two attached hydrogens (primary N) is 1. The van der Waals surface area contributed by atoms with E-state index in [2.05, 4.69) is 4.98 Å². The van der Waals surface area contributed by atoms with E-state index in [9.17, 15) is 9.59 Å². The molecule has 1 aromatic rings. The van der Waals surface area contributed by atoms with Gasteiger partial charge in [0.25, 0.3) is 0 Å². The lowest BCUT2D eigenvalue weighted by atomic mass is 10.2. The van der Waals surface area contributed by atoms with Gasteiger partial charge in [-0.15, -0.1) is 0 Å². The summed E-state index contributed by atoms with van der Waals surface area (Å²) in [6.45, 7) is 4.35. The first-order valence-corrected chi connectivity index (χ1v) is 6.31. The summed E-state index contributed by atoms with van der Waals surface area (Å²) in [5, 5.41) is 0. The van der Waals surface area contributed by atoms with Gasteiger partial charge in [-0.3, -0.25) is 0 Å². The van der Waals surface area contributed by atoms with Gasteiger partial charge in [0.2, 0.25) is 0 Å². The molecule has 0 bridgehead atoms. The quantitative estimate of drug-likeness (QED) is 0.737. The third kappa shape index (κ3) is 4.51. The Morgan fingerprint density at radius 2 is 1.60 bits per heavy atom. The minimum atomic E-state index is -0.628. The van der Waals surface area contributed by atoms with Crippen LogP contribution in [-0.2, 0) is 9.47 Å². The van der Waals surface area contributed by atoms with Crippen molar-refractivity contribution in [3.8, 4) is 5.75 Å². The van der Waals surface area contributed by atoms with Crippen LogP contribution in [0.2, 0.25) is 0 Å². The molecule has 1 aromatic heterocycles. The van der Waals surface area contributed by atoms with Gasteiger partial charge < -0.3 is 19.9 Å². The molecule has 0 aromatic carbocycles. The Hall–Kier alpha value is -2.15. The number of pyridine rings is 1. The standard InChI is InChI=1S/C13H18N2O5/c1-3-18-12(16)10-7-9(20-6-5-14)8-11(15-10)13(17)19-4-2/h7-8H,3-6,14H2,1-2H3. The number of ether oxygens (including phenoxy) is 3. The van der Waals surface area contributed by atoms with Gasteiger partial charge in [-0.25, -0.2) is 14.6 Å². The van der Waals surface area contributed by atoms with Crippen molar-refractivity contribution >= 4 is 11.9 Å². The molecule has 0 saturated carbocycles. The number of hydrogen-bond acceptors (Lipinski definition) is 7. The smallest absolute Gasteiger partial charge is 0.357 e. The van der Waals surface area contributed by atoms with Gasteiger partial charge in [0, 0.05) is 18.7 Å². The molecule has 0 aliphatic rings. The average Bonchev–Trinajstić information content (AvgIpc) is 2.45. The van der Waals surface area contributed by atoms with Crippen molar-refractivity contribution in [2.24, 2.45) is 5.73 Å². The molecule has 1 heterocycles. The Morgan fingerprint density at radius 3 is 2.00 bits per heavy atom. The zero-order chi connectivity index (χ0) is 15.0. The molecule has 0 saturated heterocycles. The minimum absolute atomic E-state index is 0.00979. The van der Waals surface area contributed by atoms with Crippen LogP contribution in [0.15, 0.2) is 12.1 Å². The fraction of sp³-hybridized carbons (Fsp3) is 0.462. The summed E-state index contributed by atoms with van der Waals surface area (Å²) in [6, 6.07) is 2.80. The van der Waals surface area contributed by atoms with Gasteiger partial charge in [-0.2, -0.15) is 0 Å². The predicted molar refractivity (Wildman–Crippen MR) is 70.7 cm³/mol. The number of nitrogens with zero attached hydrogens (tertiary/aromatic N) is 1. The summed E-state index contributed by atoms with van der Waals surface area (Å²) in [6.07, 6.45) is 0. The summed E-state index contributed by atoms with van der Waals surface area (Å²) in [5.41, 5.74) is 5.32. The Bertz CT molecular complexity index is 440. The average molecular weight is 282 g/mol. The molecule has 0 amide bonds. The van der Waals surface area contributed by atoms with E-state index in [1.54, 1.807) is 13.8 Å². The van der Waals surface area contributed by atoms with Gasteiger partial charge in [0.05, 0.1) is 13.2 Å². The third-order valence-electron chi connectivity index (χ3n) is 2.15. The Balaban J connectivity index is 3.06. The molecule has 0 unspecified atom stereocenters. The monoisotopic (exact) mass is 282 g/mol. The second kappa shape index (κ2) is 8.11. The molecular formula is C13H18N2O5. The molecule has 1 rings (SSSR count). The largest absolute Gasteiger partial charge is 0.492 e. The second-order valence-corrected chi connectivity index (χ2v) is 3.65. The molecule has 7 heteroatoms. The normalized spacial score (nSPS) is 9.95. The zero-order valence-corrected chi connectivity index (χ0v) is 11.5. The summed E-state index contributed by atoms with van der Waals surface area (Å²) < 4.78 is 15.0. The van der Waals surface area contributed by atoms with Gasteiger partial charge >= 0.3 is 11.9 Å². The number of aromatic nitrogens is 1. The van der Waals surface area contributed by atoms with Crippen LogP contribution in [0, 0.1) is 0 Å². The van der Waals surface area contributed by atoms with E-state index >= 15 is 0 Å². The maximum absolute atomic E-state index is 11.7. The van der Waals surface area contributed by atoms with Crippen molar-refractivity contribution in [2.45, 2.75) is 13.8 Å². The Labute approximate surface area is 117 Å². The van der Waals surface area contributed by atoms with E-state index in [1.807, 2.05) is 0 Å². The van der Waals surface area contributed by atoms with Gasteiger partial charge in [0.15, 0.2) is 11.4 Å². The third-order valence-corrected chi connectivity index (χ3v) is 2.15. The van der Waals surface area contributed by atoms with E-state index < -0.39 is 11.9 Å². The highest BCUT2D eigenvalue weighted by Gasteiger charge is 2.17. The molecule has 0 fully saturated rings. The first-order valence-electron chi connectivity index (χ1n) is 6.31. The maximum Gasteiger partial charge on any atom is 0.357 e. The van der Waals surface area contributed by atoms with E-state index in [-0.39, 0.29) is 31.2 Å². The minimum Gasteiger partial charge on any atom is -0.492 e. The molecule has 110 valence electrons. The first-order chi connectivity index (χ1) is 9.62. The topological polar surface area (TPSA) is 101 Å². The molecule has 0 spiro atoms. The van der Waals surface area contributed by atoms with Crippen molar-refractivity contribution in [1.82, 2.24) is 4.98 Å². The number of esters is 2. The highest BCUT2D eigenvalue weighted by Crippen LogP contribution is 2.16. The van der Waals surface area contributed by atoms with Gasteiger partial charge in [-0.1, -0.05) is 0 Å². The predicted octanol–water partition coefficient (Wildman–Crippen LogP) is 0.772. The Morgan fingerprint density at radius 1 is 1.10 bits per heavy atom. The molecule has 0 aliphatic carbocycles. The van der Waals surface area contributed by atoms with E-state index in [0.29, 0.717) is 12.3 Å². The van der Waals surface area contributed by atoms with Crippen LogP contribution < -0.4 is 10.5 Å². The summed E-state index contributed by atoms with van der Waals surface area (Å²) in [5.74, 6) is -0.941. The zero-order valence-electron chi connectivity index (χ0n) is 11.5. The van der Waals surface area contributed by atoms with Crippen LogP contribution in [0.3, 0.4) is 0 Å². The molecule has 20 heavy (non-hydrogen) atoms. The molecule has 0 aliphatic heterocycles. The number of rotatable bonds is 7. The van der Waals surface area contributed by atoms with Crippen LogP contribution in [0.4, 0.5) is 0 Å². The van der Waals surface area contributed by atoms with E-state index in [1.165, 1.54) is 12.1 Å². The molecule has 2 N–H and O–H groups in total. The summed E-state index contributed by atoms with van der Waals surface area (Å²) in [4.78, 5) is 27.3. The number of hydrogen-bond donors (Lipinski definition) is 1. The van der Waals surface area contributed by atoms with Crippen LogP contribution in [-0.4, -0.2) is 43.3 Å². The van der Waals surface area contributed by atoms with Crippen molar-refractivity contribution < 1.29 is 23.8 Å². The molecule has 7 nitrogen and oxygen atoms in total. The van der Waals surface area contributed by atoms with Gasteiger partial charge in [0.1, 0.15) is 12.4 Å². The lowest BCUT2D eigenvalue weighted by molar-refractivity contribution is 0.0510. The van der Waals surface area contributed by atoms with Crippen molar-refractivity contribution in [3.05, 3.63) is 23.5 Å². The van der Waals surface area contributed by atoms with Crippen molar-refractivity contribution in [2.75, 3.05) is 26.4 Å². The number of carbonyl (C=O) groups excluding carboxylic acids is 2. The molecule has 0 radical (unpaired) electrons. The fourth-order valence-electron chi connectivity index (χ4n) is 1.38. The van der Waals surface area contributed by atoms with Crippen LogP contribution >= 0.6 is 0 Å². The SMILES string of the molecule is CCOC(=O)c1cc(OCCN)cc(C(=O)OCC)n1. The lowest BCUT2D eigenvalue weighted by Gasteiger charge is -2.09. The number of carbonyl (C=O) groups is 2. The van der Waals surface area contributed by atoms with Crippen molar-refractivity contribution in [3.63, 3.8) is 0 Å². The first kappa shape index (κ1) is 15.9. The highest BCUT2D eigenvalue weighted by molar-refractivity contribution is 5.92. The lowest BCUT2D eigenvalue weighted by Crippen LogP contribution is -2.15. The van der Waals surface area contributed by atoms with Crippen LogP contribution in [0.5, 0.6) is 5.75 Å². The molecular weight excluding hydrogens is 264 g/mol. The molecule has 0 atom stereocenters. The van der Waals surface area contributed by atoms with Crippen molar-refractivity contribution in [1.29, 1.82) is 0 Å². The van der Waals surface area contributed by atoms with E-state index in [0.717, 1.165) is 0 Å². The Kier molecular flexibility index (Phi) is 6.45. The second-order valence-electron chi connectivity index (χ2n) is 3.65. The van der Waals surface area contributed by atoms with Crippen LogP contribution in [0.1, 0.15) is 34.8 Å². The maximum atomic E-state index is 11.7. The van der Waals surface area contributed by atoms with Gasteiger partial charge in [-0.05, 0) is 13.8 Å². The highest BCUT2D eigenvalue weighted by atomic mass is 16.5. The summed E-state index contributed by atoms with van der Waals surface area (Å²) >= 11 is 0. The fourth-order valence-corrected chi connectivity index (χ4v) is 1.38. The summed E-state index contributed by atoms with van der Waals surface area (Å²) in [7, 11) is 0. The van der Waals surface area contributed by atoms with E-state index in [4.69, 9.17) is 19.9 Å².